The highest BCUT2D eigenvalue weighted by Gasteiger charge is 2.09. The fraction of sp³-hybridized carbons (Fsp3) is 0. The van der Waals surface area contributed by atoms with Gasteiger partial charge in [-0.25, -0.2) is 0 Å². The Morgan fingerprint density at radius 3 is 2.61 bits per heavy atom. The summed E-state index contributed by atoms with van der Waals surface area (Å²) in [5, 5.41) is 12.4. The summed E-state index contributed by atoms with van der Waals surface area (Å²) in [6.07, 6.45) is 0. The van der Waals surface area contributed by atoms with E-state index in [2.05, 4.69) is 5.32 Å². The predicted molar refractivity (Wildman–Crippen MR) is 71.9 cm³/mol. The topological polar surface area (TPSA) is 75.4 Å². The maximum absolute atomic E-state index is 11.9. The highest BCUT2D eigenvalue weighted by molar-refractivity contribution is 6.33. The molecule has 1 amide bonds. The van der Waals surface area contributed by atoms with Gasteiger partial charge in [0.15, 0.2) is 0 Å². The van der Waals surface area contributed by atoms with Crippen molar-refractivity contribution in [2.75, 3.05) is 11.1 Å². The Morgan fingerprint density at radius 2 is 1.94 bits per heavy atom. The Balaban J connectivity index is 2.22. The maximum atomic E-state index is 11.9. The van der Waals surface area contributed by atoms with E-state index in [0.717, 1.165) is 0 Å². The molecule has 0 aliphatic rings. The largest absolute Gasteiger partial charge is 0.506 e. The molecule has 0 aromatic heterocycles. The molecule has 0 bridgehead atoms. The summed E-state index contributed by atoms with van der Waals surface area (Å²) in [4.78, 5) is 11.9. The van der Waals surface area contributed by atoms with Gasteiger partial charge in [0.05, 0.1) is 16.4 Å². The van der Waals surface area contributed by atoms with Crippen molar-refractivity contribution in [3.8, 4) is 5.75 Å². The number of rotatable bonds is 2. The molecular formula is C13H11ClN2O2. The molecule has 4 N–H and O–H groups in total. The van der Waals surface area contributed by atoms with Crippen LogP contribution < -0.4 is 11.1 Å². The smallest absolute Gasteiger partial charge is 0.255 e. The van der Waals surface area contributed by atoms with Crippen molar-refractivity contribution >= 4 is 28.9 Å². The van der Waals surface area contributed by atoms with Crippen LogP contribution in [-0.2, 0) is 0 Å². The summed E-state index contributed by atoms with van der Waals surface area (Å²) in [5.41, 5.74) is 6.69. The van der Waals surface area contributed by atoms with Crippen molar-refractivity contribution in [1.29, 1.82) is 0 Å². The fourth-order valence-corrected chi connectivity index (χ4v) is 1.62. The SMILES string of the molecule is Nc1ccc(C(=O)Nc2ccccc2O)cc1Cl. The highest BCUT2D eigenvalue weighted by Crippen LogP contribution is 2.24. The molecule has 0 heterocycles. The molecule has 0 radical (unpaired) electrons. The lowest BCUT2D eigenvalue weighted by Gasteiger charge is -2.07. The summed E-state index contributed by atoms with van der Waals surface area (Å²) in [6.45, 7) is 0. The quantitative estimate of drug-likeness (QED) is 0.575. The van der Waals surface area contributed by atoms with E-state index in [4.69, 9.17) is 17.3 Å². The molecule has 18 heavy (non-hydrogen) atoms. The maximum Gasteiger partial charge on any atom is 0.255 e. The lowest BCUT2D eigenvalue weighted by molar-refractivity contribution is 0.102. The third-order valence-corrected chi connectivity index (χ3v) is 2.74. The van der Waals surface area contributed by atoms with Crippen LogP contribution in [0.3, 0.4) is 0 Å². The first-order chi connectivity index (χ1) is 8.58. The van der Waals surface area contributed by atoms with Crippen LogP contribution in [-0.4, -0.2) is 11.0 Å². The zero-order chi connectivity index (χ0) is 13.1. The van der Waals surface area contributed by atoms with Gasteiger partial charge >= 0.3 is 0 Å². The van der Waals surface area contributed by atoms with E-state index >= 15 is 0 Å². The lowest BCUT2D eigenvalue weighted by Crippen LogP contribution is -2.12. The molecular weight excluding hydrogens is 252 g/mol. The summed E-state index contributed by atoms with van der Waals surface area (Å²) in [7, 11) is 0. The average Bonchev–Trinajstić information content (AvgIpc) is 2.35. The number of anilines is 2. The predicted octanol–water partition coefficient (Wildman–Crippen LogP) is 2.88. The Morgan fingerprint density at radius 1 is 1.22 bits per heavy atom. The number of hydrogen-bond donors (Lipinski definition) is 3. The lowest BCUT2D eigenvalue weighted by atomic mass is 10.2. The van der Waals surface area contributed by atoms with Crippen molar-refractivity contribution in [1.82, 2.24) is 0 Å². The number of aromatic hydroxyl groups is 1. The van der Waals surface area contributed by atoms with Gasteiger partial charge in [0, 0.05) is 5.56 Å². The molecule has 0 aliphatic carbocycles. The number of halogens is 1. The molecule has 0 atom stereocenters. The van der Waals surface area contributed by atoms with Crippen molar-refractivity contribution in [3.63, 3.8) is 0 Å². The molecule has 0 fully saturated rings. The number of amides is 1. The van der Waals surface area contributed by atoms with Crippen LogP contribution >= 0.6 is 11.6 Å². The zero-order valence-electron chi connectivity index (χ0n) is 9.35. The first kappa shape index (κ1) is 12.3. The Labute approximate surface area is 109 Å². The van der Waals surface area contributed by atoms with Crippen molar-refractivity contribution < 1.29 is 9.90 Å². The van der Waals surface area contributed by atoms with Gasteiger partial charge < -0.3 is 16.2 Å². The molecule has 92 valence electrons. The van der Waals surface area contributed by atoms with Crippen LogP contribution in [0.15, 0.2) is 42.5 Å². The van der Waals surface area contributed by atoms with Crippen LogP contribution in [0.1, 0.15) is 10.4 Å². The zero-order valence-corrected chi connectivity index (χ0v) is 10.1. The van der Waals surface area contributed by atoms with E-state index in [1.165, 1.54) is 12.1 Å². The van der Waals surface area contributed by atoms with Gasteiger partial charge in [-0.3, -0.25) is 4.79 Å². The minimum absolute atomic E-state index is 0.00684. The summed E-state index contributed by atoms with van der Waals surface area (Å²) >= 11 is 5.84. The van der Waals surface area contributed by atoms with Crippen LogP contribution in [0.5, 0.6) is 5.75 Å². The monoisotopic (exact) mass is 262 g/mol. The second-order valence-corrected chi connectivity index (χ2v) is 4.11. The number of nitrogens with one attached hydrogen (secondary N) is 1. The second-order valence-electron chi connectivity index (χ2n) is 3.71. The number of carbonyl (C=O) groups is 1. The molecule has 0 saturated heterocycles. The van der Waals surface area contributed by atoms with Crippen LogP contribution in [0.4, 0.5) is 11.4 Å². The number of nitrogen functional groups attached to an aromatic ring is 1. The normalized spacial score (nSPS) is 10.1. The van der Waals surface area contributed by atoms with E-state index in [-0.39, 0.29) is 11.7 Å². The number of phenolic OH excluding ortho intramolecular Hbond substituents is 1. The van der Waals surface area contributed by atoms with Crippen molar-refractivity contribution in [2.24, 2.45) is 0 Å². The highest BCUT2D eigenvalue weighted by atomic mass is 35.5. The van der Waals surface area contributed by atoms with Crippen LogP contribution in [0.2, 0.25) is 5.02 Å². The van der Waals surface area contributed by atoms with E-state index in [1.54, 1.807) is 30.3 Å². The minimum Gasteiger partial charge on any atom is -0.506 e. The van der Waals surface area contributed by atoms with Gasteiger partial charge in [0.1, 0.15) is 5.75 Å². The third kappa shape index (κ3) is 2.55. The van der Waals surface area contributed by atoms with E-state index in [9.17, 15) is 9.90 Å². The van der Waals surface area contributed by atoms with E-state index in [1.807, 2.05) is 0 Å². The van der Waals surface area contributed by atoms with E-state index in [0.29, 0.717) is 22.0 Å². The second kappa shape index (κ2) is 4.98. The summed E-state index contributed by atoms with van der Waals surface area (Å²) in [6, 6.07) is 11.1. The number of hydrogen-bond acceptors (Lipinski definition) is 3. The van der Waals surface area contributed by atoms with Gasteiger partial charge in [-0.05, 0) is 30.3 Å². The van der Waals surface area contributed by atoms with E-state index < -0.39 is 0 Å². The molecule has 2 aromatic rings. The Hall–Kier alpha value is -2.20. The summed E-state index contributed by atoms with van der Waals surface area (Å²) in [5.74, 6) is -0.356. The number of nitrogens with two attached hydrogens (primary N) is 1. The van der Waals surface area contributed by atoms with Gasteiger partial charge in [0.2, 0.25) is 0 Å². The average molecular weight is 263 g/mol. The molecule has 0 aliphatic heterocycles. The number of benzene rings is 2. The minimum atomic E-state index is -0.363. The summed E-state index contributed by atoms with van der Waals surface area (Å²) < 4.78 is 0. The first-order valence-corrected chi connectivity index (χ1v) is 5.60. The van der Waals surface area contributed by atoms with Crippen LogP contribution in [0, 0.1) is 0 Å². The molecule has 0 unspecified atom stereocenters. The van der Waals surface area contributed by atoms with Gasteiger partial charge in [-0.15, -0.1) is 0 Å². The molecule has 0 saturated carbocycles. The Kier molecular flexibility index (Phi) is 3.39. The molecule has 0 spiro atoms. The number of phenols is 1. The number of para-hydroxylation sites is 2. The Bertz CT molecular complexity index is 599. The molecule has 2 rings (SSSR count). The van der Waals surface area contributed by atoms with Gasteiger partial charge in [-0.1, -0.05) is 23.7 Å². The molecule has 2 aromatic carbocycles. The molecule has 5 heteroatoms. The standard InChI is InChI=1S/C13H11ClN2O2/c14-9-7-8(5-6-10(9)15)13(18)16-11-3-1-2-4-12(11)17/h1-7,17H,15H2,(H,16,18). The third-order valence-electron chi connectivity index (χ3n) is 2.41. The fourth-order valence-electron chi connectivity index (χ4n) is 1.44. The van der Waals surface area contributed by atoms with Crippen molar-refractivity contribution in [2.45, 2.75) is 0 Å². The number of carbonyl (C=O) groups excluding carboxylic acids is 1. The van der Waals surface area contributed by atoms with Gasteiger partial charge in [-0.2, -0.15) is 0 Å². The van der Waals surface area contributed by atoms with Crippen molar-refractivity contribution in [3.05, 3.63) is 53.1 Å². The molecule has 4 nitrogen and oxygen atoms in total. The van der Waals surface area contributed by atoms with Crippen LogP contribution in [0.25, 0.3) is 0 Å². The first-order valence-electron chi connectivity index (χ1n) is 5.22. The van der Waals surface area contributed by atoms with Gasteiger partial charge in [0.25, 0.3) is 5.91 Å².